The maximum absolute atomic E-state index is 12.7. The van der Waals surface area contributed by atoms with E-state index in [2.05, 4.69) is 81.5 Å². The predicted octanol–water partition coefficient (Wildman–Crippen LogP) is 14.9. The van der Waals surface area contributed by atoms with Gasteiger partial charge in [-0.1, -0.05) is 159 Å². The van der Waals surface area contributed by atoms with E-state index in [-0.39, 0.29) is 31.1 Å². The first-order valence-electron chi connectivity index (χ1n) is 23.3. The van der Waals surface area contributed by atoms with Gasteiger partial charge in [0.15, 0.2) is 6.10 Å². The Morgan fingerprint density at radius 3 is 1.12 bits per heavy atom. The summed E-state index contributed by atoms with van der Waals surface area (Å²) in [5.74, 6) is -0.951. The van der Waals surface area contributed by atoms with E-state index in [1.807, 2.05) is 0 Å². The molecular formula is C50H86O6. The summed E-state index contributed by atoms with van der Waals surface area (Å²) in [6.45, 7) is 6.41. The van der Waals surface area contributed by atoms with Crippen molar-refractivity contribution in [1.29, 1.82) is 0 Å². The molecule has 0 N–H and O–H groups in total. The molecule has 0 aromatic heterocycles. The molecule has 0 saturated heterocycles. The van der Waals surface area contributed by atoms with Crippen LogP contribution in [-0.4, -0.2) is 37.2 Å². The number of esters is 3. The number of ether oxygens (including phenoxy) is 3. The molecule has 0 amide bonds. The summed E-state index contributed by atoms with van der Waals surface area (Å²) >= 11 is 0. The van der Waals surface area contributed by atoms with Gasteiger partial charge in [-0.05, 0) is 103 Å². The highest BCUT2D eigenvalue weighted by Crippen LogP contribution is 2.13. The van der Waals surface area contributed by atoms with Crippen molar-refractivity contribution >= 4 is 17.9 Å². The highest BCUT2D eigenvalue weighted by atomic mass is 16.6. The minimum atomic E-state index is -0.791. The van der Waals surface area contributed by atoms with Crippen LogP contribution < -0.4 is 0 Å². The zero-order valence-corrected chi connectivity index (χ0v) is 36.6. The molecule has 0 aromatic carbocycles. The van der Waals surface area contributed by atoms with E-state index in [4.69, 9.17) is 14.2 Å². The van der Waals surface area contributed by atoms with Gasteiger partial charge in [-0.15, -0.1) is 0 Å². The Kier molecular flexibility index (Phi) is 42.5. The second-order valence-electron chi connectivity index (χ2n) is 15.3. The van der Waals surface area contributed by atoms with Crippen molar-refractivity contribution in [3.63, 3.8) is 0 Å². The van der Waals surface area contributed by atoms with Gasteiger partial charge in [-0.3, -0.25) is 14.4 Å². The molecule has 1 unspecified atom stereocenters. The maximum Gasteiger partial charge on any atom is 0.306 e. The molecule has 0 aliphatic carbocycles. The summed E-state index contributed by atoms with van der Waals surface area (Å²) in [5.41, 5.74) is 0. The molecule has 0 fully saturated rings. The summed E-state index contributed by atoms with van der Waals surface area (Å²) in [5, 5.41) is 0. The van der Waals surface area contributed by atoms with Gasteiger partial charge in [-0.2, -0.15) is 0 Å². The zero-order chi connectivity index (χ0) is 40.8. The standard InChI is InChI=1S/C50H86O6/c1-4-7-10-13-16-19-21-23-24-25-26-27-29-31-34-37-40-43-49(52)55-46-47(45-54-48(51)42-39-36-33-30-18-15-12-9-6-3)56-50(53)44-41-38-35-32-28-22-20-17-14-11-8-5-2/h9,12,16-20,23-24,30,47H,4-8,10-11,13-15,21-22,25-29,31-46H2,1-3H3/b12-9-,19-16-,20-17-,24-23-,30-18-. The average Bonchev–Trinajstić information content (AvgIpc) is 3.19. The summed E-state index contributed by atoms with van der Waals surface area (Å²) < 4.78 is 16.6. The number of allylic oxidation sites excluding steroid dienone is 10. The Morgan fingerprint density at radius 2 is 0.696 bits per heavy atom. The molecular weight excluding hydrogens is 697 g/mol. The van der Waals surface area contributed by atoms with E-state index in [0.717, 1.165) is 96.3 Å². The first-order valence-corrected chi connectivity index (χ1v) is 23.3. The van der Waals surface area contributed by atoms with Gasteiger partial charge in [0.2, 0.25) is 0 Å². The molecule has 0 aromatic rings. The summed E-state index contributed by atoms with van der Waals surface area (Å²) in [4.78, 5) is 37.7. The Bertz CT molecular complexity index is 1040. The molecule has 0 bridgehead atoms. The molecule has 0 spiro atoms. The molecule has 0 radical (unpaired) electrons. The SMILES string of the molecule is CC/C=C\C/C=C\CCCCC(=O)OCC(COC(=O)CCCCCCCCC/C=C\C/C=C\CCCCC)OC(=O)CCCCCCC/C=C\CCCCC. The number of unbranched alkanes of at least 4 members (excludes halogenated alkanes) is 20. The number of carbonyl (C=O) groups excluding carboxylic acids is 3. The van der Waals surface area contributed by atoms with Crippen LogP contribution in [0.15, 0.2) is 60.8 Å². The van der Waals surface area contributed by atoms with Gasteiger partial charge < -0.3 is 14.2 Å². The summed E-state index contributed by atoms with van der Waals surface area (Å²) in [6, 6.07) is 0. The molecule has 0 heterocycles. The fraction of sp³-hybridized carbons (Fsp3) is 0.740. The predicted molar refractivity (Wildman–Crippen MR) is 238 cm³/mol. The van der Waals surface area contributed by atoms with Crippen molar-refractivity contribution in [2.24, 2.45) is 0 Å². The first kappa shape index (κ1) is 53.1. The largest absolute Gasteiger partial charge is 0.462 e. The highest BCUT2D eigenvalue weighted by Gasteiger charge is 2.19. The quantitative estimate of drug-likeness (QED) is 0.0266. The molecule has 56 heavy (non-hydrogen) atoms. The molecule has 6 nitrogen and oxygen atoms in total. The van der Waals surface area contributed by atoms with Gasteiger partial charge >= 0.3 is 17.9 Å². The van der Waals surface area contributed by atoms with E-state index in [0.29, 0.717) is 19.3 Å². The minimum Gasteiger partial charge on any atom is -0.462 e. The van der Waals surface area contributed by atoms with Crippen molar-refractivity contribution in [3.05, 3.63) is 60.8 Å². The molecule has 322 valence electrons. The Labute approximate surface area is 345 Å². The maximum atomic E-state index is 12.7. The zero-order valence-electron chi connectivity index (χ0n) is 36.6. The smallest absolute Gasteiger partial charge is 0.306 e. The normalized spacial score (nSPS) is 12.6. The van der Waals surface area contributed by atoms with Crippen LogP contribution in [0.2, 0.25) is 0 Å². The third-order valence-electron chi connectivity index (χ3n) is 9.73. The van der Waals surface area contributed by atoms with Crippen LogP contribution in [-0.2, 0) is 28.6 Å². The van der Waals surface area contributed by atoms with Crippen LogP contribution in [0, 0.1) is 0 Å². The summed E-state index contributed by atoms with van der Waals surface area (Å²) in [6.07, 6.45) is 53.5. The van der Waals surface area contributed by atoms with E-state index >= 15 is 0 Å². The first-order chi connectivity index (χ1) is 27.5. The molecule has 0 aliphatic rings. The summed E-state index contributed by atoms with van der Waals surface area (Å²) in [7, 11) is 0. The number of rotatable bonds is 41. The molecule has 6 heteroatoms. The number of carbonyl (C=O) groups is 3. The van der Waals surface area contributed by atoms with E-state index in [9.17, 15) is 14.4 Å². The third-order valence-corrected chi connectivity index (χ3v) is 9.73. The van der Waals surface area contributed by atoms with Gasteiger partial charge in [-0.25, -0.2) is 0 Å². The van der Waals surface area contributed by atoms with Crippen LogP contribution in [0.25, 0.3) is 0 Å². The highest BCUT2D eigenvalue weighted by molar-refractivity contribution is 5.71. The van der Waals surface area contributed by atoms with Gasteiger partial charge in [0.05, 0.1) is 0 Å². The Balaban J connectivity index is 4.37. The van der Waals surface area contributed by atoms with Gasteiger partial charge in [0.25, 0.3) is 0 Å². The average molecular weight is 783 g/mol. The van der Waals surface area contributed by atoms with Crippen molar-refractivity contribution in [2.45, 2.75) is 226 Å². The van der Waals surface area contributed by atoms with Crippen LogP contribution in [0.1, 0.15) is 220 Å². The fourth-order valence-electron chi connectivity index (χ4n) is 6.21. The van der Waals surface area contributed by atoms with Gasteiger partial charge in [0.1, 0.15) is 13.2 Å². The molecule has 1 atom stereocenters. The van der Waals surface area contributed by atoms with Crippen LogP contribution >= 0.6 is 0 Å². The van der Waals surface area contributed by atoms with Crippen molar-refractivity contribution < 1.29 is 28.6 Å². The third kappa shape index (κ3) is 42.3. The lowest BCUT2D eigenvalue weighted by Gasteiger charge is -2.18. The molecule has 0 aliphatic heterocycles. The lowest BCUT2D eigenvalue weighted by molar-refractivity contribution is -0.167. The topological polar surface area (TPSA) is 78.9 Å². The van der Waals surface area contributed by atoms with Crippen LogP contribution in [0.4, 0.5) is 0 Å². The second kappa shape index (κ2) is 44.8. The van der Waals surface area contributed by atoms with Crippen molar-refractivity contribution in [2.75, 3.05) is 13.2 Å². The molecule has 0 rings (SSSR count). The van der Waals surface area contributed by atoms with Crippen molar-refractivity contribution in [3.8, 4) is 0 Å². The Morgan fingerprint density at radius 1 is 0.375 bits per heavy atom. The lowest BCUT2D eigenvalue weighted by Crippen LogP contribution is -2.30. The van der Waals surface area contributed by atoms with Crippen LogP contribution in [0.5, 0.6) is 0 Å². The van der Waals surface area contributed by atoms with E-state index in [1.165, 1.54) is 83.5 Å². The minimum absolute atomic E-state index is 0.0925. The molecule has 0 saturated carbocycles. The van der Waals surface area contributed by atoms with E-state index in [1.54, 1.807) is 0 Å². The number of hydrogen-bond acceptors (Lipinski definition) is 6. The number of hydrogen-bond donors (Lipinski definition) is 0. The lowest BCUT2D eigenvalue weighted by atomic mass is 10.1. The fourth-order valence-corrected chi connectivity index (χ4v) is 6.21. The van der Waals surface area contributed by atoms with E-state index < -0.39 is 6.10 Å². The van der Waals surface area contributed by atoms with Crippen molar-refractivity contribution in [1.82, 2.24) is 0 Å². The monoisotopic (exact) mass is 783 g/mol. The van der Waals surface area contributed by atoms with Gasteiger partial charge in [0, 0.05) is 19.3 Å². The van der Waals surface area contributed by atoms with Crippen LogP contribution in [0.3, 0.4) is 0 Å². The Hall–Kier alpha value is -2.89. The second-order valence-corrected chi connectivity index (χ2v) is 15.3.